The van der Waals surface area contributed by atoms with Crippen LogP contribution in [0.1, 0.15) is 43.2 Å². The van der Waals surface area contributed by atoms with Crippen molar-refractivity contribution in [3.05, 3.63) is 58.6 Å². The van der Waals surface area contributed by atoms with Crippen LogP contribution in [0.2, 0.25) is 5.02 Å². The third-order valence-electron chi connectivity index (χ3n) is 7.91. The van der Waals surface area contributed by atoms with Crippen LogP contribution in [0.3, 0.4) is 0 Å². The standard InChI is InChI=1S/C29H40ClN3O4/c1-20-8-5-9-21(16-20)27-23(11-6-12-24(27)30)29(36,13-3-4-15-37-2)22-10-7-14-32(17-22)28(35)33-18-25(31)26(34)19-33/h5-6,8-9,11-12,16,22,25-26,34,36H,3-4,7,10,13-15,17-19,31H2,1-2H3/t22?,25-,26+,29+/m1/s1. The summed E-state index contributed by atoms with van der Waals surface area (Å²) in [6.45, 7) is 4.31. The van der Waals surface area contributed by atoms with Gasteiger partial charge in [-0.1, -0.05) is 53.6 Å². The third-order valence-corrected chi connectivity index (χ3v) is 8.23. The molecule has 0 saturated carbocycles. The van der Waals surface area contributed by atoms with Crippen molar-refractivity contribution in [3.8, 4) is 11.1 Å². The summed E-state index contributed by atoms with van der Waals surface area (Å²) in [6, 6.07) is 13.4. The second kappa shape index (κ2) is 12.1. The number of hydrogen-bond acceptors (Lipinski definition) is 5. The van der Waals surface area contributed by atoms with Crippen LogP contribution in [-0.2, 0) is 10.3 Å². The molecule has 4 atom stereocenters. The Balaban J connectivity index is 1.68. The molecule has 2 aromatic carbocycles. The Morgan fingerprint density at radius 3 is 2.65 bits per heavy atom. The predicted molar refractivity (Wildman–Crippen MR) is 146 cm³/mol. The van der Waals surface area contributed by atoms with Crippen molar-refractivity contribution < 1.29 is 19.7 Å². The number of ether oxygens (including phenoxy) is 1. The van der Waals surface area contributed by atoms with Gasteiger partial charge in [0.1, 0.15) is 0 Å². The number of aryl methyl sites for hydroxylation is 1. The maximum absolute atomic E-state index is 13.3. The Hall–Kier alpha value is -2.16. The number of aliphatic hydroxyl groups is 2. The molecule has 0 aromatic heterocycles. The number of methoxy groups -OCH3 is 1. The first-order chi connectivity index (χ1) is 17.7. The highest BCUT2D eigenvalue weighted by molar-refractivity contribution is 6.33. The number of aliphatic hydroxyl groups excluding tert-OH is 1. The minimum absolute atomic E-state index is 0.122. The monoisotopic (exact) mass is 529 g/mol. The third kappa shape index (κ3) is 6.13. The number of benzene rings is 2. The van der Waals surface area contributed by atoms with E-state index in [1.165, 1.54) is 0 Å². The van der Waals surface area contributed by atoms with Crippen LogP contribution < -0.4 is 5.73 Å². The zero-order chi connectivity index (χ0) is 26.6. The van der Waals surface area contributed by atoms with Crippen molar-refractivity contribution in [1.29, 1.82) is 0 Å². The number of halogens is 1. The van der Waals surface area contributed by atoms with Crippen LogP contribution in [0.5, 0.6) is 0 Å². The summed E-state index contributed by atoms with van der Waals surface area (Å²) in [5, 5.41) is 23.3. The Kier molecular flexibility index (Phi) is 9.14. The van der Waals surface area contributed by atoms with Gasteiger partial charge in [-0.2, -0.15) is 0 Å². The smallest absolute Gasteiger partial charge is 0.320 e. The number of likely N-dealkylation sites (tertiary alicyclic amines) is 2. The number of hydrogen-bond donors (Lipinski definition) is 3. The summed E-state index contributed by atoms with van der Waals surface area (Å²) in [5.74, 6) is -0.170. The number of rotatable bonds is 8. The molecular formula is C29H40ClN3O4. The molecule has 2 fully saturated rings. The molecular weight excluding hydrogens is 490 g/mol. The van der Waals surface area contributed by atoms with E-state index >= 15 is 0 Å². The molecule has 2 aliphatic rings. The van der Waals surface area contributed by atoms with Gasteiger partial charge in [0, 0.05) is 62.4 Å². The Labute approximate surface area is 225 Å². The molecule has 4 N–H and O–H groups in total. The SMILES string of the molecule is COCCCC[C@@](O)(c1cccc(Cl)c1-c1cccc(C)c1)C1CCCN(C(=O)N2C[C@@H](N)[C@@H](O)C2)C1. The number of urea groups is 1. The second-order valence-corrected chi connectivity index (χ2v) is 11.0. The van der Waals surface area contributed by atoms with E-state index in [4.69, 9.17) is 22.1 Å². The minimum atomic E-state index is -1.18. The molecule has 0 bridgehead atoms. The number of unbranched alkanes of at least 4 members (excludes halogenated alkanes) is 1. The van der Waals surface area contributed by atoms with Gasteiger partial charge in [-0.3, -0.25) is 0 Å². The van der Waals surface area contributed by atoms with Gasteiger partial charge in [0.2, 0.25) is 0 Å². The van der Waals surface area contributed by atoms with Crippen molar-refractivity contribution in [2.75, 3.05) is 39.9 Å². The van der Waals surface area contributed by atoms with Crippen molar-refractivity contribution in [2.24, 2.45) is 11.7 Å². The van der Waals surface area contributed by atoms with E-state index in [1.807, 2.05) is 48.2 Å². The number of nitrogens with two attached hydrogens (primary N) is 1. The number of carbonyl (C=O) groups is 1. The van der Waals surface area contributed by atoms with Crippen molar-refractivity contribution in [3.63, 3.8) is 0 Å². The van der Waals surface area contributed by atoms with E-state index in [0.717, 1.165) is 47.9 Å². The molecule has 0 radical (unpaired) electrons. The molecule has 2 amide bonds. The number of nitrogens with zero attached hydrogens (tertiary/aromatic N) is 2. The number of amides is 2. The van der Waals surface area contributed by atoms with Gasteiger partial charge >= 0.3 is 6.03 Å². The van der Waals surface area contributed by atoms with Crippen LogP contribution >= 0.6 is 11.6 Å². The van der Waals surface area contributed by atoms with Crippen LogP contribution in [-0.4, -0.2) is 78.1 Å². The van der Waals surface area contributed by atoms with Crippen LogP contribution in [0.15, 0.2) is 42.5 Å². The molecule has 0 spiro atoms. The van der Waals surface area contributed by atoms with E-state index in [0.29, 0.717) is 37.7 Å². The first kappa shape index (κ1) is 27.9. The van der Waals surface area contributed by atoms with Crippen LogP contribution in [0.25, 0.3) is 11.1 Å². The van der Waals surface area contributed by atoms with Crippen LogP contribution in [0, 0.1) is 12.8 Å². The van der Waals surface area contributed by atoms with Gasteiger partial charge in [0.15, 0.2) is 0 Å². The highest BCUT2D eigenvalue weighted by atomic mass is 35.5. The number of β-amino-alcohol motifs (C(OH)–C–C–N with tert-alkyl or cyclic N) is 1. The fourth-order valence-electron chi connectivity index (χ4n) is 5.89. The van der Waals surface area contributed by atoms with Crippen LogP contribution in [0.4, 0.5) is 4.79 Å². The zero-order valence-electron chi connectivity index (χ0n) is 21.9. The Morgan fingerprint density at radius 2 is 1.95 bits per heavy atom. The molecule has 2 aromatic rings. The highest BCUT2D eigenvalue weighted by Crippen LogP contribution is 2.46. The van der Waals surface area contributed by atoms with E-state index in [2.05, 4.69) is 6.07 Å². The first-order valence-electron chi connectivity index (χ1n) is 13.3. The summed E-state index contributed by atoms with van der Waals surface area (Å²) in [7, 11) is 1.69. The quantitative estimate of drug-likeness (QED) is 0.446. The lowest BCUT2D eigenvalue weighted by Crippen LogP contribution is -2.52. The Morgan fingerprint density at radius 1 is 1.16 bits per heavy atom. The first-order valence-corrected chi connectivity index (χ1v) is 13.7. The van der Waals surface area contributed by atoms with E-state index < -0.39 is 17.7 Å². The molecule has 0 aliphatic carbocycles. The summed E-state index contributed by atoms with van der Waals surface area (Å²) in [5.41, 5.74) is 8.52. The average molecular weight is 530 g/mol. The van der Waals surface area contributed by atoms with Gasteiger partial charge in [0.05, 0.1) is 11.7 Å². The molecule has 37 heavy (non-hydrogen) atoms. The van der Waals surface area contributed by atoms with Crippen molar-refractivity contribution >= 4 is 17.6 Å². The molecule has 2 saturated heterocycles. The van der Waals surface area contributed by atoms with Crippen molar-refractivity contribution in [2.45, 2.75) is 56.8 Å². The van der Waals surface area contributed by atoms with E-state index in [9.17, 15) is 15.0 Å². The van der Waals surface area contributed by atoms with Gasteiger partial charge in [0.25, 0.3) is 0 Å². The maximum atomic E-state index is 13.3. The van der Waals surface area contributed by atoms with Crippen molar-refractivity contribution in [1.82, 2.24) is 9.80 Å². The summed E-state index contributed by atoms with van der Waals surface area (Å²) < 4.78 is 5.26. The maximum Gasteiger partial charge on any atom is 0.320 e. The van der Waals surface area contributed by atoms with Gasteiger partial charge in [-0.15, -0.1) is 0 Å². The number of piperidine rings is 1. The van der Waals surface area contributed by atoms with Gasteiger partial charge in [-0.25, -0.2) is 4.79 Å². The zero-order valence-corrected chi connectivity index (χ0v) is 22.7. The lowest BCUT2D eigenvalue weighted by Gasteiger charge is -2.44. The van der Waals surface area contributed by atoms with E-state index in [-0.39, 0.29) is 18.5 Å². The van der Waals surface area contributed by atoms with E-state index in [1.54, 1.807) is 12.0 Å². The van der Waals surface area contributed by atoms with Gasteiger partial charge in [-0.05, 0) is 56.2 Å². The minimum Gasteiger partial charge on any atom is -0.390 e. The fraction of sp³-hybridized carbons (Fsp3) is 0.552. The molecule has 7 nitrogen and oxygen atoms in total. The number of carbonyl (C=O) groups excluding carboxylic acids is 1. The summed E-state index contributed by atoms with van der Waals surface area (Å²) in [6.07, 6.45) is 3.03. The topological polar surface area (TPSA) is 99.3 Å². The summed E-state index contributed by atoms with van der Waals surface area (Å²) in [4.78, 5) is 16.8. The van der Waals surface area contributed by atoms with Gasteiger partial charge < -0.3 is 30.5 Å². The molecule has 202 valence electrons. The average Bonchev–Trinajstić information content (AvgIpc) is 3.23. The molecule has 1 unspecified atom stereocenters. The Bertz CT molecular complexity index is 1070. The highest BCUT2D eigenvalue weighted by Gasteiger charge is 2.44. The summed E-state index contributed by atoms with van der Waals surface area (Å²) >= 11 is 6.80. The molecule has 2 aliphatic heterocycles. The molecule has 4 rings (SSSR count). The normalized spacial score (nSPS) is 23.8. The second-order valence-electron chi connectivity index (χ2n) is 10.6. The predicted octanol–water partition coefficient (Wildman–Crippen LogP) is 4.16. The lowest BCUT2D eigenvalue weighted by molar-refractivity contribution is -0.0571. The lowest BCUT2D eigenvalue weighted by atomic mass is 9.72. The molecule has 8 heteroatoms. The molecule has 2 heterocycles. The largest absolute Gasteiger partial charge is 0.390 e. The fourth-order valence-corrected chi connectivity index (χ4v) is 6.17.